The highest BCUT2D eigenvalue weighted by Crippen LogP contribution is 2.51. The van der Waals surface area contributed by atoms with E-state index in [1.54, 1.807) is 0 Å². The second-order valence-corrected chi connectivity index (χ2v) is 5.08. The van der Waals surface area contributed by atoms with Crippen LogP contribution in [0.4, 0.5) is 0 Å². The number of rotatable bonds is 2. The van der Waals surface area contributed by atoms with Crippen molar-refractivity contribution >= 4 is 17.3 Å². The van der Waals surface area contributed by atoms with Gasteiger partial charge in [0.25, 0.3) is 0 Å². The quantitative estimate of drug-likeness (QED) is 0.653. The maximum atomic E-state index is 5.24. The largest absolute Gasteiger partial charge is 0.360 e. The summed E-state index contributed by atoms with van der Waals surface area (Å²) in [4.78, 5) is 0. The lowest BCUT2D eigenvalue weighted by Gasteiger charge is -2.10. The molecule has 3 aliphatic carbocycles. The molecular weight excluding hydrogens is 180 g/mol. The molecule has 3 saturated carbocycles. The van der Waals surface area contributed by atoms with Crippen LogP contribution < -0.4 is 10.6 Å². The van der Waals surface area contributed by atoms with Crippen molar-refractivity contribution in [2.24, 2.45) is 11.8 Å². The predicted molar refractivity (Wildman–Crippen MR) is 56.5 cm³/mol. The van der Waals surface area contributed by atoms with Gasteiger partial charge in [0, 0.05) is 12.1 Å². The normalized spacial score (nSPS) is 41.1. The molecule has 2 atom stereocenters. The van der Waals surface area contributed by atoms with Crippen molar-refractivity contribution in [1.82, 2.24) is 10.6 Å². The fourth-order valence-electron chi connectivity index (χ4n) is 2.64. The van der Waals surface area contributed by atoms with E-state index < -0.39 is 0 Å². The molecule has 0 aliphatic heterocycles. The maximum Gasteiger partial charge on any atom is 0.166 e. The van der Waals surface area contributed by atoms with Gasteiger partial charge in [-0.2, -0.15) is 0 Å². The summed E-state index contributed by atoms with van der Waals surface area (Å²) in [6.07, 6.45) is 6.90. The van der Waals surface area contributed by atoms with Gasteiger partial charge in [0.2, 0.25) is 0 Å². The van der Waals surface area contributed by atoms with Crippen molar-refractivity contribution in [2.75, 3.05) is 0 Å². The molecule has 3 heteroatoms. The molecule has 0 aromatic rings. The Balaban J connectivity index is 1.45. The highest BCUT2D eigenvalue weighted by molar-refractivity contribution is 7.80. The fraction of sp³-hybridized carbons (Fsp3) is 0.900. The van der Waals surface area contributed by atoms with Crippen LogP contribution in [0.15, 0.2) is 0 Å². The lowest BCUT2D eigenvalue weighted by atomic mass is 10.2. The van der Waals surface area contributed by atoms with E-state index in [0.29, 0.717) is 6.04 Å². The van der Waals surface area contributed by atoms with E-state index in [9.17, 15) is 0 Å². The molecule has 0 heterocycles. The average molecular weight is 196 g/mol. The number of fused-ring (bicyclic) bond motifs is 1. The first-order valence-electron chi connectivity index (χ1n) is 5.41. The van der Waals surface area contributed by atoms with Crippen molar-refractivity contribution in [3.05, 3.63) is 0 Å². The first-order valence-corrected chi connectivity index (χ1v) is 5.82. The molecule has 3 rings (SSSR count). The monoisotopic (exact) mass is 196 g/mol. The smallest absolute Gasteiger partial charge is 0.166 e. The standard InChI is InChI=1S/C10H16N2S/c13-10(11-6-4-5-6)12-9-7-2-1-3-8(7)9/h6-9H,1-5H2,(H2,11,12,13). The average Bonchev–Trinajstić information content (AvgIpc) is 2.97. The molecule has 0 aromatic heterocycles. The van der Waals surface area contributed by atoms with Gasteiger partial charge >= 0.3 is 0 Å². The highest BCUT2D eigenvalue weighted by atomic mass is 32.1. The molecule has 0 amide bonds. The van der Waals surface area contributed by atoms with Gasteiger partial charge < -0.3 is 10.6 Å². The van der Waals surface area contributed by atoms with E-state index in [0.717, 1.165) is 23.0 Å². The SMILES string of the molecule is S=C(NC1CC1)NC1C2CCCC21. The van der Waals surface area contributed by atoms with Gasteiger partial charge in [0.1, 0.15) is 0 Å². The zero-order valence-corrected chi connectivity index (χ0v) is 8.57. The predicted octanol–water partition coefficient (Wildman–Crippen LogP) is 1.41. The second kappa shape index (κ2) is 2.84. The Kier molecular flexibility index (Phi) is 1.76. The van der Waals surface area contributed by atoms with Gasteiger partial charge in [-0.1, -0.05) is 6.42 Å². The summed E-state index contributed by atoms with van der Waals surface area (Å²) in [5.74, 6) is 1.91. The molecule has 2 N–H and O–H groups in total. The van der Waals surface area contributed by atoms with Crippen molar-refractivity contribution < 1.29 is 0 Å². The minimum Gasteiger partial charge on any atom is -0.360 e. The molecule has 0 aromatic carbocycles. The molecule has 0 radical (unpaired) electrons. The molecule has 0 saturated heterocycles. The van der Waals surface area contributed by atoms with E-state index in [4.69, 9.17) is 12.2 Å². The van der Waals surface area contributed by atoms with Crippen LogP contribution in [0.25, 0.3) is 0 Å². The molecule has 3 aliphatic rings. The van der Waals surface area contributed by atoms with Crippen molar-refractivity contribution in [3.8, 4) is 0 Å². The van der Waals surface area contributed by atoms with E-state index >= 15 is 0 Å². The summed E-state index contributed by atoms with van der Waals surface area (Å²) < 4.78 is 0. The van der Waals surface area contributed by atoms with Gasteiger partial charge in [-0.3, -0.25) is 0 Å². The lowest BCUT2D eigenvalue weighted by molar-refractivity contribution is 0.631. The van der Waals surface area contributed by atoms with E-state index in [-0.39, 0.29) is 0 Å². The number of nitrogens with one attached hydrogen (secondary N) is 2. The molecule has 0 bridgehead atoms. The third-order valence-electron chi connectivity index (χ3n) is 3.62. The zero-order valence-electron chi connectivity index (χ0n) is 7.75. The summed E-state index contributed by atoms with van der Waals surface area (Å²) in [6.45, 7) is 0. The van der Waals surface area contributed by atoms with Gasteiger partial charge in [-0.15, -0.1) is 0 Å². The molecule has 2 unspecified atom stereocenters. The van der Waals surface area contributed by atoms with Gasteiger partial charge in [-0.25, -0.2) is 0 Å². The minimum absolute atomic E-state index is 0.693. The zero-order chi connectivity index (χ0) is 8.84. The van der Waals surface area contributed by atoms with Crippen molar-refractivity contribution in [1.29, 1.82) is 0 Å². The van der Waals surface area contributed by atoms with Gasteiger partial charge in [-0.05, 0) is 49.7 Å². The summed E-state index contributed by atoms with van der Waals surface area (Å²) >= 11 is 5.24. The Bertz CT molecular complexity index is 227. The van der Waals surface area contributed by atoms with E-state index in [2.05, 4.69) is 10.6 Å². The van der Waals surface area contributed by atoms with Crippen LogP contribution in [0.5, 0.6) is 0 Å². The van der Waals surface area contributed by atoms with Crippen molar-refractivity contribution in [3.63, 3.8) is 0 Å². The Labute approximate surface area is 84.5 Å². The molecule has 3 fully saturated rings. The maximum absolute atomic E-state index is 5.24. The van der Waals surface area contributed by atoms with Gasteiger partial charge in [0.15, 0.2) is 5.11 Å². The third kappa shape index (κ3) is 1.54. The van der Waals surface area contributed by atoms with Crippen LogP contribution in [0.3, 0.4) is 0 Å². The lowest BCUT2D eigenvalue weighted by Crippen LogP contribution is -2.39. The fourth-order valence-corrected chi connectivity index (χ4v) is 2.94. The Morgan fingerprint density at radius 2 is 1.69 bits per heavy atom. The Hall–Kier alpha value is -0.310. The van der Waals surface area contributed by atoms with Crippen LogP contribution in [0, 0.1) is 11.8 Å². The first-order chi connectivity index (χ1) is 6.34. The number of hydrogen-bond donors (Lipinski definition) is 2. The van der Waals surface area contributed by atoms with Crippen LogP contribution >= 0.6 is 12.2 Å². The van der Waals surface area contributed by atoms with Crippen molar-refractivity contribution in [2.45, 2.75) is 44.2 Å². The van der Waals surface area contributed by atoms with E-state index in [1.807, 2.05) is 0 Å². The van der Waals surface area contributed by atoms with E-state index in [1.165, 1.54) is 32.1 Å². The Morgan fingerprint density at radius 1 is 1.00 bits per heavy atom. The summed E-state index contributed by atoms with van der Waals surface area (Å²) in [6, 6.07) is 1.42. The highest BCUT2D eigenvalue weighted by Gasteiger charge is 2.52. The summed E-state index contributed by atoms with van der Waals surface area (Å²) in [5.41, 5.74) is 0. The van der Waals surface area contributed by atoms with Crippen LogP contribution in [-0.2, 0) is 0 Å². The minimum atomic E-state index is 0.693. The topological polar surface area (TPSA) is 24.1 Å². The number of thiocarbonyl (C=S) groups is 1. The van der Waals surface area contributed by atoms with Crippen LogP contribution in [-0.4, -0.2) is 17.2 Å². The van der Waals surface area contributed by atoms with Gasteiger partial charge in [0.05, 0.1) is 0 Å². The van der Waals surface area contributed by atoms with Crippen LogP contribution in [0.2, 0.25) is 0 Å². The molecule has 0 spiro atoms. The first kappa shape index (κ1) is 8.04. The molecular formula is C10H16N2S. The summed E-state index contributed by atoms with van der Waals surface area (Å²) in [7, 11) is 0. The number of hydrogen-bond acceptors (Lipinski definition) is 1. The third-order valence-corrected chi connectivity index (χ3v) is 3.85. The summed E-state index contributed by atoms with van der Waals surface area (Å²) in [5, 5.41) is 7.69. The Morgan fingerprint density at radius 3 is 2.31 bits per heavy atom. The molecule has 13 heavy (non-hydrogen) atoms. The molecule has 72 valence electrons. The van der Waals surface area contributed by atoms with Crippen LogP contribution in [0.1, 0.15) is 32.1 Å². The second-order valence-electron chi connectivity index (χ2n) is 4.68. The molecule has 2 nitrogen and oxygen atoms in total.